The minimum atomic E-state index is -0.742. The van der Waals surface area contributed by atoms with Gasteiger partial charge in [0.1, 0.15) is 0 Å². The van der Waals surface area contributed by atoms with Crippen molar-refractivity contribution >= 4 is 16.7 Å². The number of hydrogen-bond acceptors (Lipinski definition) is 3. The van der Waals surface area contributed by atoms with Crippen molar-refractivity contribution in [1.82, 2.24) is 9.55 Å². The van der Waals surface area contributed by atoms with E-state index in [0.717, 1.165) is 37.1 Å². The molecule has 1 atom stereocenters. The standard InChI is InChI=1S/C21H25N3O2/c22-12-4-5-16(13-21(25)26)10-11-18-14-24(15-23-18)20-9-3-7-17-6-1-2-8-19(17)20/h1-3,6-9,14-16H,4-5,10-13,22H2,(H,25,26). The van der Waals surface area contributed by atoms with Crippen LogP contribution in [0.25, 0.3) is 16.5 Å². The van der Waals surface area contributed by atoms with Gasteiger partial charge in [-0.15, -0.1) is 0 Å². The summed E-state index contributed by atoms with van der Waals surface area (Å²) in [4.78, 5) is 15.6. The van der Waals surface area contributed by atoms with Crippen LogP contribution in [0.3, 0.4) is 0 Å². The van der Waals surface area contributed by atoms with Crippen LogP contribution in [0.1, 0.15) is 31.4 Å². The summed E-state index contributed by atoms with van der Waals surface area (Å²) in [5, 5.41) is 11.5. The van der Waals surface area contributed by atoms with Crippen LogP contribution in [0.5, 0.6) is 0 Å². The van der Waals surface area contributed by atoms with Crippen molar-refractivity contribution in [1.29, 1.82) is 0 Å². The molecular formula is C21H25N3O2. The van der Waals surface area contributed by atoms with Gasteiger partial charge in [-0.25, -0.2) is 4.98 Å². The molecule has 5 nitrogen and oxygen atoms in total. The van der Waals surface area contributed by atoms with E-state index in [-0.39, 0.29) is 12.3 Å². The molecule has 5 heteroatoms. The van der Waals surface area contributed by atoms with E-state index < -0.39 is 5.97 Å². The van der Waals surface area contributed by atoms with E-state index in [4.69, 9.17) is 10.8 Å². The highest BCUT2D eigenvalue weighted by Crippen LogP contribution is 2.23. The van der Waals surface area contributed by atoms with Gasteiger partial charge in [0.05, 0.1) is 17.7 Å². The second-order valence-electron chi connectivity index (χ2n) is 6.70. The first-order valence-corrected chi connectivity index (χ1v) is 9.10. The highest BCUT2D eigenvalue weighted by molar-refractivity contribution is 5.90. The maximum absolute atomic E-state index is 11.0. The zero-order valence-electron chi connectivity index (χ0n) is 14.8. The highest BCUT2D eigenvalue weighted by Gasteiger charge is 2.14. The third-order valence-electron chi connectivity index (χ3n) is 4.77. The van der Waals surface area contributed by atoms with Crippen LogP contribution >= 0.6 is 0 Å². The largest absolute Gasteiger partial charge is 0.481 e. The average Bonchev–Trinajstić information content (AvgIpc) is 3.12. The summed E-state index contributed by atoms with van der Waals surface area (Å²) in [6, 6.07) is 14.5. The Morgan fingerprint density at radius 3 is 2.77 bits per heavy atom. The van der Waals surface area contributed by atoms with Crippen LogP contribution < -0.4 is 5.73 Å². The fraction of sp³-hybridized carbons (Fsp3) is 0.333. The van der Waals surface area contributed by atoms with Gasteiger partial charge in [-0.1, -0.05) is 36.4 Å². The molecule has 0 saturated heterocycles. The number of imidazole rings is 1. The molecule has 1 heterocycles. The zero-order chi connectivity index (χ0) is 18.4. The number of aromatic nitrogens is 2. The monoisotopic (exact) mass is 351 g/mol. The van der Waals surface area contributed by atoms with Crippen molar-refractivity contribution in [2.75, 3.05) is 6.54 Å². The summed E-state index contributed by atoms with van der Waals surface area (Å²) in [7, 11) is 0. The Balaban J connectivity index is 1.72. The third kappa shape index (κ3) is 4.49. The first-order chi connectivity index (χ1) is 12.7. The van der Waals surface area contributed by atoms with Gasteiger partial charge < -0.3 is 15.4 Å². The van der Waals surface area contributed by atoms with Gasteiger partial charge in [0.15, 0.2) is 0 Å². The van der Waals surface area contributed by atoms with Gasteiger partial charge in [0, 0.05) is 18.0 Å². The summed E-state index contributed by atoms with van der Waals surface area (Å²) in [6.07, 6.45) is 7.39. The fourth-order valence-electron chi connectivity index (χ4n) is 3.41. The Bertz CT molecular complexity index is 867. The number of aryl methyl sites for hydroxylation is 1. The Kier molecular flexibility index (Phi) is 6.02. The van der Waals surface area contributed by atoms with Crippen molar-refractivity contribution in [2.45, 2.75) is 32.1 Å². The maximum Gasteiger partial charge on any atom is 0.303 e. The molecular weight excluding hydrogens is 326 g/mol. The third-order valence-corrected chi connectivity index (χ3v) is 4.77. The second kappa shape index (κ2) is 8.63. The summed E-state index contributed by atoms with van der Waals surface area (Å²) in [5.41, 5.74) is 7.66. The van der Waals surface area contributed by atoms with Crippen LogP contribution in [0.2, 0.25) is 0 Å². The van der Waals surface area contributed by atoms with Crippen molar-refractivity contribution in [3.05, 3.63) is 60.7 Å². The number of carbonyl (C=O) groups is 1. The molecule has 0 aliphatic carbocycles. The topological polar surface area (TPSA) is 81.1 Å². The predicted octanol–water partition coefficient (Wildman–Crippen LogP) is 3.79. The number of fused-ring (bicyclic) bond motifs is 1. The Morgan fingerprint density at radius 1 is 1.15 bits per heavy atom. The molecule has 0 aliphatic rings. The van der Waals surface area contributed by atoms with Crippen LogP contribution in [0.15, 0.2) is 55.0 Å². The molecule has 2 aromatic carbocycles. The molecule has 0 radical (unpaired) electrons. The SMILES string of the molecule is NCCCC(CCc1cn(-c2cccc3ccccc23)cn1)CC(=O)O. The van der Waals surface area contributed by atoms with E-state index in [1.54, 1.807) is 0 Å². The number of benzene rings is 2. The molecule has 0 saturated carbocycles. The minimum absolute atomic E-state index is 0.152. The van der Waals surface area contributed by atoms with E-state index in [1.165, 1.54) is 10.8 Å². The fourth-order valence-corrected chi connectivity index (χ4v) is 3.41. The van der Waals surface area contributed by atoms with Gasteiger partial charge >= 0.3 is 5.97 Å². The van der Waals surface area contributed by atoms with Gasteiger partial charge in [-0.3, -0.25) is 4.79 Å². The first-order valence-electron chi connectivity index (χ1n) is 9.10. The van der Waals surface area contributed by atoms with E-state index in [9.17, 15) is 4.79 Å². The lowest BCUT2D eigenvalue weighted by molar-refractivity contribution is -0.138. The van der Waals surface area contributed by atoms with E-state index in [2.05, 4.69) is 29.2 Å². The maximum atomic E-state index is 11.0. The van der Waals surface area contributed by atoms with Gasteiger partial charge in [0.25, 0.3) is 0 Å². The first kappa shape index (κ1) is 18.1. The highest BCUT2D eigenvalue weighted by atomic mass is 16.4. The molecule has 1 unspecified atom stereocenters. The molecule has 0 fully saturated rings. The Hall–Kier alpha value is -2.66. The number of nitrogens with two attached hydrogens (primary N) is 1. The number of carboxylic acid groups (broad SMARTS) is 1. The van der Waals surface area contributed by atoms with Gasteiger partial charge in [0.2, 0.25) is 0 Å². The molecule has 3 rings (SSSR count). The predicted molar refractivity (Wildman–Crippen MR) is 103 cm³/mol. The zero-order valence-corrected chi connectivity index (χ0v) is 14.8. The van der Waals surface area contributed by atoms with Crippen molar-refractivity contribution < 1.29 is 9.90 Å². The number of aliphatic carboxylic acids is 1. The molecule has 1 aromatic heterocycles. The Morgan fingerprint density at radius 2 is 1.96 bits per heavy atom. The van der Waals surface area contributed by atoms with Crippen LogP contribution in [-0.4, -0.2) is 27.2 Å². The minimum Gasteiger partial charge on any atom is -0.481 e. The van der Waals surface area contributed by atoms with Crippen molar-refractivity contribution in [2.24, 2.45) is 11.7 Å². The lowest BCUT2D eigenvalue weighted by Crippen LogP contribution is -2.11. The lowest BCUT2D eigenvalue weighted by atomic mass is 9.93. The summed E-state index contributed by atoms with van der Waals surface area (Å²) >= 11 is 0. The van der Waals surface area contributed by atoms with E-state index >= 15 is 0 Å². The van der Waals surface area contributed by atoms with Crippen LogP contribution in [0, 0.1) is 5.92 Å². The molecule has 3 aromatic rings. The molecule has 0 aliphatic heterocycles. The molecule has 0 amide bonds. The normalized spacial score (nSPS) is 12.3. The van der Waals surface area contributed by atoms with Crippen molar-refractivity contribution in [3.63, 3.8) is 0 Å². The molecule has 26 heavy (non-hydrogen) atoms. The molecule has 3 N–H and O–H groups in total. The van der Waals surface area contributed by atoms with Gasteiger partial charge in [-0.2, -0.15) is 0 Å². The van der Waals surface area contributed by atoms with E-state index in [0.29, 0.717) is 6.54 Å². The molecule has 0 spiro atoms. The Labute approximate surface area is 153 Å². The number of rotatable bonds is 9. The van der Waals surface area contributed by atoms with Gasteiger partial charge in [-0.05, 0) is 49.6 Å². The molecule has 0 bridgehead atoms. The quantitative estimate of drug-likeness (QED) is 0.614. The van der Waals surface area contributed by atoms with E-state index in [1.807, 2.05) is 35.3 Å². The second-order valence-corrected chi connectivity index (χ2v) is 6.70. The summed E-state index contributed by atoms with van der Waals surface area (Å²) in [6.45, 7) is 0.603. The lowest BCUT2D eigenvalue weighted by Gasteiger charge is -2.13. The summed E-state index contributed by atoms with van der Waals surface area (Å²) < 4.78 is 2.05. The summed E-state index contributed by atoms with van der Waals surface area (Å²) in [5.74, 6) is -0.591. The average molecular weight is 351 g/mol. The smallest absolute Gasteiger partial charge is 0.303 e. The number of nitrogens with zero attached hydrogens (tertiary/aromatic N) is 2. The number of hydrogen-bond donors (Lipinski definition) is 2. The molecule has 136 valence electrons. The van der Waals surface area contributed by atoms with Crippen molar-refractivity contribution in [3.8, 4) is 5.69 Å². The van der Waals surface area contributed by atoms with Crippen LogP contribution in [0.4, 0.5) is 0 Å². The van der Waals surface area contributed by atoms with Crippen LogP contribution in [-0.2, 0) is 11.2 Å². The number of carboxylic acids is 1.